The second-order valence-corrected chi connectivity index (χ2v) is 11.5. The Morgan fingerprint density at radius 2 is 1.59 bits per heavy atom. The lowest BCUT2D eigenvalue weighted by molar-refractivity contribution is 0.0937. The summed E-state index contributed by atoms with van der Waals surface area (Å²) in [5, 5.41) is 5.75. The van der Waals surface area contributed by atoms with E-state index in [4.69, 9.17) is 11.6 Å². The van der Waals surface area contributed by atoms with Crippen molar-refractivity contribution in [1.29, 1.82) is 0 Å². The molecule has 3 aromatic rings. The SMILES string of the molecule is COC(=O)NC(=O)c1c(NC(=O)c2ccc(NS(=O)(=O)c3ccc(Cl)cc3)cc2)sc2c1CCCCC2. The number of amides is 3. The minimum absolute atomic E-state index is 0.0499. The lowest BCUT2D eigenvalue weighted by atomic mass is 10.0. The average molecular weight is 562 g/mol. The Bertz CT molecular complexity index is 1430. The molecule has 0 atom stereocenters. The van der Waals surface area contributed by atoms with E-state index in [2.05, 4.69) is 20.1 Å². The number of halogens is 1. The molecule has 37 heavy (non-hydrogen) atoms. The summed E-state index contributed by atoms with van der Waals surface area (Å²) in [6.07, 6.45) is 3.50. The zero-order valence-electron chi connectivity index (χ0n) is 19.8. The van der Waals surface area contributed by atoms with Crippen molar-refractivity contribution >= 4 is 61.6 Å². The van der Waals surface area contributed by atoms with Gasteiger partial charge in [-0.05, 0) is 79.8 Å². The van der Waals surface area contributed by atoms with E-state index >= 15 is 0 Å². The zero-order valence-corrected chi connectivity index (χ0v) is 22.2. The van der Waals surface area contributed by atoms with E-state index in [1.807, 2.05) is 0 Å². The van der Waals surface area contributed by atoms with Crippen LogP contribution in [-0.2, 0) is 27.6 Å². The summed E-state index contributed by atoms with van der Waals surface area (Å²) in [7, 11) is -2.67. The van der Waals surface area contributed by atoms with E-state index in [0.29, 0.717) is 16.4 Å². The molecule has 1 aromatic heterocycles. The molecule has 1 heterocycles. The number of anilines is 2. The van der Waals surface area contributed by atoms with Crippen molar-refractivity contribution in [3.8, 4) is 0 Å². The molecule has 4 rings (SSSR count). The van der Waals surface area contributed by atoms with Crippen molar-refractivity contribution in [2.45, 2.75) is 37.0 Å². The van der Waals surface area contributed by atoms with E-state index < -0.39 is 27.9 Å². The molecule has 0 saturated heterocycles. The summed E-state index contributed by atoms with van der Waals surface area (Å²) in [6.45, 7) is 0. The maximum absolute atomic E-state index is 13.0. The van der Waals surface area contributed by atoms with Crippen molar-refractivity contribution in [1.82, 2.24) is 5.32 Å². The normalized spacial score (nSPS) is 13.1. The number of methoxy groups -OCH3 is 1. The second kappa shape index (κ2) is 11.3. The van der Waals surface area contributed by atoms with Crippen molar-refractivity contribution in [2.24, 2.45) is 0 Å². The molecule has 0 bridgehead atoms. The molecule has 12 heteroatoms. The van der Waals surface area contributed by atoms with Crippen LogP contribution in [0.2, 0.25) is 5.02 Å². The van der Waals surface area contributed by atoms with Gasteiger partial charge >= 0.3 is 6.09 Å². The van der Waals surface area contributed by atoms with Crippen LogP contribution in [0.15, 0.2) is 53.4 Å². The number of rotatable bonds is 6. The van der Waals surface area contributed by atoms with Crippen LogP contribution < -0.4 is 15.4 Å². The molecule has 0 aliphatic heterocycles. The summed E-state index contributed by atoms with van der Waals surface area (Å²) in [5.74, 6) is -1.11. The van der Waals surface area contributed by atoms with Gasteiger partial charge in [0.05, 0.1) is 17.6 Å². The summed E-state index contributed by atoms with van der Waals surface area (Å²) in [6, 6.07) is 11.6. The number of hydrogen-bond acceptors (Lipinski definition) is 7. The number of carbonyl (C=O) groups excluding carboxylic acids is 3. The molecule has 2 aromatic carbocycles. The van der Waals surface area contributed by atoms with Gasteiger partial charge in [-0.25, -0.2) is 13.2 Å². The number of ether oxygens (including phenoxy) is 1. The fourth-order valence-electron chi connectivity index (χ4n) is 3.97. The number of aryl methyl sites for hydroxylation is 1. The third kappa shape index (κ3) is 6.30. The van der Waals surface area contributed by atoms with Crippen molar-refractivity contribution < 1.29 is 27.5 Å². The predicted molar refractivity (Wildman–Crippen MR) is 142 cm³/mol. The quantitative estimate of drug-likeness (QED) is 0.354. The van der Waals surface area contributed by atoms with Crippen LogP contribution in [0.1, 0.15) is 50.4 Å². The van der Waals surface area contributed by atoms with Crippen molar-refractivity contribution in [3.63, 3.8) is 0 Å². The van der Waals surface area contributed by atoms with Crippen LogP contribution in [0.25, 0.3) is 0 Å². The number of sulfonamides is 1. The number of imide groups is 1. The lowest BCUT2D eigenvalue weighted by Crippen LogP contribution is -2.31. The largest absolute Gasteiger partial charge is 0.453 e. The monoisotopic (exact) mass is 561 g/mol. The summed E-state index contributed by atoms with van der Waals surface area (Å²) < 4.78 is 32.2. The van der Waals surface area contributed by atoms with Gasteiger partial charge in [-0.2, -0.15) is 0 Å². The lowest BCUT2D eigenvalue weighted by Gasteiger charge is -2.10. The molecular weight excluding hydrogens is 538 g/mol. The molecule has 1 aliphatic carbocycles. The Morgan fingerprint density at radius 3 is 2.27 bits per heavy atom. The fraction of sp³-hybridized carbons (Fsp3) is 0.240. The zero-order chi connectivity index (χ0) is 26.6. The van der Waals surface area contributed by atoms with Crippen LogP contribution in [-0.4, -0.2) is 33.4 Å². The Morgan fingerprint density at radius 1 is 0.919 bits per heavy atom. The van der Waals surface area contributed by atoms with Crippen LogP contribution >= 0.6 is 22.9 Å². The van der Waals surface area contributed by atoms with Crippen molar-refractivity contribution in [2.75, 3.05) is 17.1 Å². The molecule has 0 radical (unpaired) electrons. The highest BCUT2D eigenvalue weighted by molar-refractivity contribution is 7.92. The third-order valence-corrected chi connectivity index (χ3v) is 8.66. The van der Waals surface area contributed by atoms with Crippen LogP contribution in [0.4, 0.5) is 15.5 Å². The first-order valence-electron chi connectivity index (χ1n) is 11.4. The van der Waals surface area contributed by atoms with E-state index in [1.165, 1.54) is 67.0 Å². The first-order chi connectivity index (χ1) is 17.7. The minimum Gasteiger partial charge on any atom is -0.453 e. The van der Waals surface area contributed by atoms with Gasteiger partial charge in [0.1, 0.15) is 5.00 Å². The predicted octanol–water partition coefficient (Wildman–Crippen LogP) is 5.22. The van der Waals surface area contributed by atoms with Gasteiger partial charge in [0.15, 0.2) is 0 Å². The number of thiophene rings is 1. The molecular formula is C25H24ClN3O6S2. The van der Waals surface area contributed by atoms with Gasteiger partial charge in [-0.3, -0.25) is 19.6 Å². The maximum atomic E-state index is 13.0. The highest BCUT2D eigenvalue weighted by Gasteiger charge is 2.27. The van der Waals surface area contributed by atoms with Gasteiger partial charge in [-0.1, -0.05) is 18.0 Å². The van der Waals surface area contributed by atoms with Gasteiger partial charge in [0, 0.05) is 21.2 Å². The Kier molecular flexibility index (Phi) is 8.16. The number of benzene rings is 2. The summed E-state index contributed by atoms with van der Waals surface area (Å²) in [5.41, 5.74) is 1.64. The van der Waals surface area contributed by atoms with Crippen molar-refractivity contribution in [3.05, 3.63) is 75.1 Å². The number of carbonyl (C=O) groups is 3. The molecule has 9 nitrogen and oxygen atoms in total. The first-order valence-corrected chi connectivity index (χ1v) is 14.1. The summed E-state index contributed by atoms with van der Waals surface area (Å²) in [4.78, 5) is 38.6. The van der Waals surface area contributed by atoms with Crippen LogP contribution in [0.5, 0.6) is 0 Å². The van der Waals surface area contributed by atoms with Gasteiger partial charge in [-0.15, -0.1) is 11.3 Å². The van der Waals surface area contributed by atoms with Crippen LogP contribution in [0.3, 0.4) is 0 Å². The maximum Gasteiger partial charge on any atom is 0.413 e. The van der Waals surface area contributed by atoms with E-state index in [0.717, 1.165) is 36.1 Å². The Balaban J connectivity index is 1.53. The van der Waals surface area contributed by atoms with E-state index in [-0.39, 0.29) is 21.7 Å². The summed E-state index contributed by atoms with van der Waals surface area (Å²) >= 11 is 7.15. The molecule has 0 spiro atoms. The minimum atomic E-state index is -3.83. The fourth-order valence-corrected chi connectivity index (χ4v) is 6.44. The second-order valence-electron chi connectivity index (χ2n) is 8.31. The third-order valence-electron chi connectivity index (χ3n) is 5.80. The van der Waals surface area contributed by atoms with E-state index in [9.17, 15) is 22.8 Å². The van der Waals surface area contributed by atoms with Gasteiger partial charge in [0.2, 0.25) is 0 Å². The first kappa shape index (κ1) is 26.6. The number of hydrogen-bond donors (Lipinski definition) is 3. The Labute approximate surface area is 223 Å². The van der Waals surface area contributed by atoms with Crippen LogP contribution in [0, 0.1) is 0 Å². The average Bonchev–Trinajstić information content (AvgIpc) is 3.04. The molecule has 1 aliphatic rings. The number of fused-ring (bicyclic) bond motifs is 1. The Hall–Kier alpha value is -3.41. The highest BCUT2D eigenvalue weighted by Crippen LogP contribution is 2.38. The topological polar surface area (TPSA) is 131 Å². The molecule has 3 N–H and O–H groups in total. The number of nitrogens with one attached hydrogen (secondary N) is 3. The smallest absolute Gasteiger partial charge is 0.413 e. The van der Waals surface area contributed by atoms with Gasteiger partial charge in [0.25, 0.3) is 21.8 Å². The number of alkyl carbamates (subject to hydrolysis) is 1. The standard InChI is InChI=1S/C25H24ClN3O6S2/c1-35-25(32)28-23(31)21-19-5-3-2-4-6-20(19)36-24(21)27-22(30)15-7-11-17(12-8-15)29-37(33,34)18-13-9-16(26)10-14-18/h7-14,29H,2-6H2,1H3,(H,27,30)(H,28,31,32). The molecule has 3 amide bonds. The molecule has 0 unspecified atom stereocenters. The molecule has 0 fully saturated rings. The highest BCUT2D eigenvalue weighted by atomic mass is 35.5. The van der Waals surface area contributed by atoms with E-state index in [1.54, 1.807) is 0 Å². The molecule has 194 valence electrons. The van der Waals surface area contributed by atoms with Gasteiger partial charge < -0.3 is 10.1 Å². The molecule has 0 saturated carbocycles.